The second-order valence-electron chi connectivity index (χ2n) is 8.99. The maximum Gasteiger partial charge on any atom is 0.261 e. The largest absolute Gasteiger partial charge is 0.299 e. The second-order valence-corrected chi connectivity index (χ2v) is 8.99. The topological polar surface area (TPSA) is 40.6 Å². The van der Waals surface area contributed by atoms with Crippen molar-refractivity contribution in [3.63, 3.8) is 0 Å². The summed E-state index contributed by atoms with van der Waals surface area (Å²) in [4.78, 5) is 29.8. The number of carbonyl (C=O) groups excluding carboxylic acids is 2. The summed E-state index contributed by atoms with van der Waals surface area (Å²) >= 11 is 0. The lowest BCUT2D eigenvalue weighted by molar-refractivity contribution is -0.128. The molecule has 0 unspecified atom stereocenters. The number of benzene rings is 3. The van der Waals surface area contributed by atoms with Crippen LogP contribution >= 0.6 is 0 Å². The quantitative estimate of drug-likeness (QED) is 0.546. The molecule has 0 aliphatic carbocycles. The van der Waals surface area contributed by atoms with Crippen LogP contribution in [-0.4, -0.2) is 41.2 Å². The van der Waals surface area contributed by atoms with Crippen LogP contribution in [0.2, 0.25) is 0 Å². The third kappa shape index (κ3) is 4.17. The fraction of sp³-hybridized carbons (Fsp3) is 0.333. The SMILES string of the molecule is O=C1Cc2ccc3ccccc3c2C(=O)N1CCC1CCN(Cc2cccc(F)c2)CC1. The van der Waals surface area contributed by atoms with Gasteiger partial charge in [0.05, 0.1) is 12.0 Å². The molecule has 2 amide bonds. The van der Waals surface area contributed by atoms with Crippen LogP contribution in [0.3, 0.4) is 0 Å². The molecule has 5 rings (SSSR count). The van der Waals surface area contributed by atoms with Crippen molar-refractivity contribution in [2.24, 2.45) is 5.92 Å². The maximum absolute atomic E-state index is 13.4. The Kier molecular flexibility index (Phi) is 5.75. The maximum atomic E-state index is 13.4. The Morgan fingerprint density at radius 3 is 2.56 bits per heavy atom. The molecule has 0 atom stereocenters. The normalized spacial score (nSPS) is 17.7. The summed E-state index contributed by atoms with van der Waals surface area (Å²) in [6, 6.07) is 18.6. The van der Waals surface area contributed by atoms with Gasteiger partial charge in [-0.05, 0) is 72.3 Å². The third-order valence-corrected chi connectivity index (χ3v) is 6.88. The van der Waals surface area contributed by atoms with E-state index in [9.17, 15) is 14.0 Å². The summed E-state index contributed by atoms with van der Waals surface area (Å²) in [5, 5.41) is 1.96. The molecule has 3 aromatic rings. The molecule has 0 N–H and O–H groups in total. The van der Waals surface area contributed by atoms with Gasteiger partial charge in [-0.15, -0.1) is 0 Å². The molecule has 2 aliphatic heterocycles. The second kappa shape index (κ2) is 8.83. The van der Waals surface area contributed by atoms with Crippen molar-refractivity contribution in [3.05, 3.63) is 83.2 Å². The number of rotatable bonds is 5. The molecular formula is C27H27FN2O2. The highest BCUT2D eigenvalue weighted by Gasteiger charge is 2.32. The van der Waals surface area contributed by atoms with Crippen molar-refractivity contribution in [1.29, 1.82) is 0 Å². The molecule has 0 radical (unpaired) electrons. The molecule has 2 heterocycles. The van der Waals surface area contributed by atoms with Gasteiger partial charge in [0.1, 0.15) is 5.82 Å². The Labute approximate surface area is 187 Å². The van der Waals surface area contributed by atoms with E-state index in [4.69, 9.17) is 0 Å². The number of amides is 2. The zero-order valence-electron chi connectivity index (χ0n) is 18.1. The molecule has 32 heavy (non-hydrogen) atoms. The van der Waals surface area contributed by atoms with Gasteiger partial charge >= 0.3 is 0 Å². The van der Waals surface area contributed by atoms with E-state index in [1.54, 1.807) is 12.1 Å². The molecule has 164 valence electrons. The van der Waals surface area contributed by atoms with Crippen molar-refractivity contribution in [3.8, 4) is 0 Å². The Bertz CT molecular complexity index is 1170. The number of hydrogen-bond donors (Lipinski definition) is 0. The van der Waals surface area contributed by atoms with Gasteiger partial charge in [-0.3, -0.25) is 19.4 Å². The predicted octanol–water partition coefficient (Wildman–Crippen LogP) is 4.81. The molecule has 1 fully saturated rings. The average Bonchev–Trinajstić information content (AvgIpc) is 2.79. The molecule has 1 saturated heterocycles. The Balaban J connectivity index is 1.20. The van der Waals surface area contributed by atoms with E-state index in [1.807, 2.05) is 42.5 Å². The number of halogens is 1. The standard InChI is InChI=1S/C27H27FN2O2/c28-23-6-3-4-20(16-23)18-29-13-10-19(11-14-29)12-15-30-25(31)17-22-9-8-21-5-1-2-7-24(21)26(22)27(30)32/h1-9,16,19H,10-15,17-18H2. The monoisotopic (exact) mass is 430 g/mol. The summed E-state index contributed by atoms with van der Waals surface area (Å²) in [5.41, 5.74) is 2.52. The number of nitrogens with zero attached hydrogens (tertiary/aromatic N) is 2. The number of carbonyl (C=O) groups is 2. The first-order chi connectivity index (χ1) is 15.6. The zero-order valence-corrected chi connectivity index (χ0v) is 18.1. The number of likely N-dealkylation sites (tertiary alicyclic amines) is 1. The summed E-state index contributed by atoms with van der Waals surface area (Å²) in [5.74, 6) is 0.0498. The first kappa shape index (κ1) is 20.8. The lowest BCUT2D eigenvalue weighted by Crippen LogP contribution is -2.44. The van der Waals surface area contributed by atoms with Crippen molar-refractivity contribution in [2.45, 2.75) is 32.2 Å². The highest BCUT2D eigenvalue weighted by atomic mass is 19.1. The highest BCUT2D eigenvalue weighted by Crippen LogP contribution is 2.29. The van der Waals surface area contributed by atoms with Crippen molar-refractivity contribution in [1.82, 2.24) is 9.80 Å². The molecule has 2 aliphatic rings. The van der Waals surface area contributed by atoms with Crippen LogP contribution < -0.4 is 0 Å². The van der Waals surface area contributed by atoms with Gasteiger partial charge in [0.2, 0.25) is 5.91 Å². The number of imide groups is 1. The fourth-order valence-electron chi connectivity index (χ4n) is 5.09. The van der Waals surface area contributed by atoms with Crippen molar-refractivity contribution < 1.29 is 14.0 Å². The van der Waals surface area contributed by atoms with Gasteiger partial charge in [-0.2, -0.15) is 0 Å². The molecule has 0 saturated carbocycles. The predicted molar refractivity (Wildman–Crippen MR) is 123 cm³/mol. The van der Waals surface area contributed by atoms with Crippen LogP contribution in [-0.2, 0) is 17.8 Å². The van der Waals surface area contributed by atoms with Gasteiger partial charge in [-0.1, -0.05) is 48.5 Å². The van der Waals surface area contributed by atoms with E-state index in [-0.39, 0.29) is 24.1 Å². The van der Waals surface area contributed by atoms with E-state index >= 15 is 0 Å². The Morgan fingerprint density at radius 1 is 0.938 bits per heavy atom. The van der Waals surface area contributed by atoms with Crippen LogP contribution in [0.5, 0.6) is 0 Å². The summed E-state index contributed by atoms with van der Waals surface area (Å²) < 4.78 is 13.4. The Morgan fingerprint density at radius 2 is 1.75 bits per heavy atom. The first-order valence-electron chi connectivity index (χ1n) is 11.4. The van der Waals surface area contributed by atoms with E-state index in [2.05, 4.69) is 4.90 Å². The van der Waals surface area contributed by atoms with Gasteiger partial charge in [-0.25, -0.2) is 4.39 Å². The molecular weight excluding hydrogens is 403 g/mol. The average molecular weight is 431 g/mol. The number of fused-ring (bicyclic) bond motifs is 3. The summed E-state index contributed by atoms with van der Waals surface area (Å²) in [7, 11) is 0. The van der Waals surface area contributed by atoms with Crippen molar-refractivity contribution >= 4 is 22.6 Å². The van der Waals surface area contributed by atoms with E-state index in [0.29, 0.717) is 18.0 Å². The van der Waals surface area contributed by atoms with Crippen molar-refractivity contribution in [2.75, 3.05) is 19.6 Å². The summed E-state index contributed by atoms with van der Waals surface area (Å²) in [6.07, 6.45) is 3.19. The lowest BCUT2D eigenvalue weighted by atomic mass is 9.90. The molecule has 0 aromatic heterocycles. The van der Waals surface area contributed by atoms with Gasteiger partial charge in [0.25, 0.3) is 5.91 Å². The molecule has 0 spiro atoms. The van der Waals surface area contributed by atoms with E-state index < -0.39 is 0 Å². The minimum absolute atomic E-state index is 0.0960. The first-order valence-corrected chi connectivity index (χ1v) is 11.4. The highest BCUT2D eigenvalue weighted by molar-refractivity contribution is 6.16. The molecule has 3 aromatic carbocycles. The van der Waals surface area contributed by atoms with Crippen LogP contribution in [0.4, 0.5) is 4.39 Å². The fourth-order valence-corrected chi connectivity index (χ4v) is 5.09. The van der Waals surface area contributed by atoms with E-state index in [1.165, 1.54) is 11.0 Å². The molecule has 5 heteroatoms. The third-order valence-electron chi connectivity index (χ3n) is 6.88. The van der Waals surface area contributed by atoms with Gasteiger partial charge in [0.15, 0.2) is 0 Å². The molecule has 4 nitrogen and oxygen atoms in total. The van der Waals surface area contributed by atoms with Crippen LogP contribution in [0, 0.1) is 11.7 Å². The Hall–Kier alpha value is -3.05. The summed E-state index contributed by atoms with van der Waals surface area (Å²) in [6.45, 7) is 3.15. The zero-order chi connectivity index (χ0) is 22.1. The minimum atomic E-state index is -0.192. The van der Waals surface area contributed by atoms with Crippen LogP contribution in [0.25, 0.3) is 10.8 Å². The van der Waals surface area contributed by atoms with Crippen LogP contribution in [0.15, 0.2) is 60.7 Å². The lowest BCUT2D eigenvalue weighted by Gasteiger charge is -2.34. The number of piperidine rings is 1. The van der Waals surface area contributed by atoms with Gasteiger partial charge in [0, 0.05) is 13.1 Å². The van der Waals surface area contributed by atoms with E-state index in [0.717, 1.165) is 60.8 Å². The van der Waals surface area contributed by atoms with Crippen LogP contribution in [0.1, 0.15) is 40.7 Å². The molecule has 0 bridgehead atoms. The van der Waals surface area contributed by atoms with Gasteiger partial charge < -0.3 is 0 Å². The number of hydrogen-bond acceptors (Lipinski definition) is 3. The smallest absolute Gasteiger partial charge is 0.261 e. The minimum Gasteiger partial charge on any atom is -0.299 e.